The average molecular weight is 629 g/mol. The molecule has 10 atom stereocenters. The molecule has 0 aliphatic heterocycles. The van der Waals surface area contributed by atoms with E-state index >= 15 is 0 Å². The van der Waals surface area contributed by atoms with E-state index < -0.39 is 24.1 Å². The second kappa shape index (κ2) is 13.9. The number of hydrogen-bond acceptors (Lipinski definition) is 6. The molecule has 4 saturated carbocycles. The van der Waals surface area contributed by atoms with Gasteiger partial charge in [0.05, 0.1) is 6.10 Å². The van der Waals surface area contributed by atoms with E-state index in [-0.39, 0.29) is 46.1 Å². The number of fused-ring (bicyclic) bond motifs is 5. The number of carbonyl (C=O) groups excluding carboxylic acids is 2. The van der Waals surface area contributed by atoms with Crippen molar-refractivity contribution in [1.82, 2.24) is 0 Å². The number of unbranched alkanes of at least 4 members (excludes halogenated alkanes) is 3. The van der Waals surface area contributed by atoms with Crippen molar-refractivity contribution < 1.29 is 34.1 Å². The van der Waals surface area contributed by atoms with Crippen LogP contribution in [-0.2, 0) is 23.9 Å². The summed E-state index contributed by atoms with van der Waals surface area (Å²) in [6.45, 7) is 16.7. The van der Waals surface area contributed by atoms with Crippen molar-refractivity contribution in [3.05, 3.63) is 22.8 Å². The first-order valence-electron chi connectivity index (χ1n) is 17.7. The lowest BCUT2D eigenvalue weighted by atomic mass is 9.36. The summed E-state index contributed by atoms with van der Waals surface area (Å²) < 4.78 is 12.0. The fraction of sp³-hybridized carbons (Fsp3) is 0.816. The summed E-state index contributed by atoms with van der Waals surface area (Å²) in [6, 6.07) is 0. The van der Waals surface area contributed by atoms with Crippen LogP contribution < -0.4 is 0 Å². The highest BCUT2D eigenvalue weighted by Crippen LogP contribution is 2.74. The van der Waals surface area contributed by atoms with Gasteiger partial charge in [-0.2, -0.15) is 0 Å². The van der Waals surface area contributed by atoms with Gasteiger partial charge >= 0.3 is 17.9 Å². The Morgan fingerprint density at radius 1 is 0.956 bits per heavy atom. The van der Waals surface area contributed by atoms with Crippen molar-refractivity contribution in [3.8, 4) is 0 Å². The summed E-state index contributed by atoms with van der Waals surface area (Å²) in [7, 11) is 0. The van der Waals surface area contributed by atoms with Crippen LogP contribution in [0.1, 0.15) is 139 Å². The van der Waals surface area contributed by atoms with Gasteiger partial charge in [0.15, 0.2) is 0 Å². The molecule has 4 rings (SSSR count). The minimum Gasteiger partial charge on any atom is -0.478 e. The maximum absolute atomic E-state index is 12.8. The lowest BCUT2D eigenvalue weighted by Crippen LogP contribution is -2.65. The second-order valence-corrected chi connectivity index (χ2v) is 15.9. The zero-order valence-corrected chi connectivity index (χ0v) is 29.2. The zero-order valence-electron chi connectivity index (χ0n) is 29.2. The van der Waals surface area contributed by atoms with Gasteiger partial charge in [0.1, 0.15) is 12.2 Å². The highest BCUT2D eigenvalue weighted by Gasteiger charge is 2.71. The maximum Gasteiger partial charge on any atom is 0.331 e. The summed E-state index contributed by atoms with van der Waals surface area (Å²) in [5.41, 5.74) is 1.42. The van der Waals surface area contributed by atoms with Gasteiger partial charge in [-0.25, -0.2) is 4.79 Å². The molecular weight excluding hydrogens is 568 g/mol. The highest BCUT2D eigenvalue weighted by atomic mass is 16.5. The van der Waals surface area contributed by atoms with E-state index in [0.29, 0.717) is 43.6 Å². The first kappa shape index (κ1) is 35.7. The van der Waals surface area contributed by atoms with Crippen LogP contribution in [0.15, 0.2) is 22.8 Å². The quantitative estimate of drug-likeness (QED) is 0.103. The molecule has 0 aromatic rings. The molecule has 4 fully saturated rings. The number of ether oxygens (including phenoxy) is 2. The molecule has 0 saturated heterocycles. The molecule has 0 amide bonds. The van der Waals surface area contributed by atoms with Gasteiger partial charge < -0.3 is 19.7 Å². The lowest BCUT2D eigenvalue weighted by molar-refractivity contribution is -0.236. The molecule has 4 aliphatic rings. The van der Waals surface area contributed by atoms with E-state index in [4.69, 9.17) is 9.47 Å². The van der Waals surface area contributed by atoms with Crippen LogP contribution in [0.3, 0.4) is 0 Å². The molecule has 0 unspecified atom stereocenters. The van der Waals surface area contributed by atoms with Crippen LogP contribution in [0, 0.1) is 39.9 Å². The van der Waals surface area contributed by atoms with Gasteiger partial charge in [-0.3, -0.25) is 9.59 Å². The molecule has 7 nitrogen and oxygen atoms in total. The molecule has 0 spiro atoms. The maximum atomic E-state index is 12.8. The number of hydrogen-bond donors (Lipinski definition) is 2. The smallest absolute Gasteiger partial charge is 0.331 e. The lowest BCUT2D eigenvalue weighted by Gasteiger charge is -2.69. The second-order valence-electron chi connectivity index (χ2n) is 15.9. The number of aliphatic carboxylic acids is 1. The number of aliphatic hydroxyl groups excluding tert-OH is 1. The Kier molecular flexibility index (Phi) is 11.0. The Balaban J connectivity index is 1.65. The molecular formula is C38H60O7. The summed E-state index contributed by atoms with van der Waals surface area (Å²) in [6.07, 6.45) is 11.0. The standard InChI is InChI=1S/C38H60O7/c1-9-10-11-12-16-32(41)45-30-18-19-36(6)27(24(30)4)17-20-37(7)34(36)29(40)21-28-33(26(35(42)43)15-13-14-23(2)3)31(44-25(5)39)22-38(28,37)8/h14,24,27-31,34,40H,9-13,15-22H2,1-8H3,(H,42,43)/b33-26-/t24-,27-,28-,29+,30+,31-,34-,36-,37-,38-/m0/s1. The van der Waals surface area contributed by atoms with E-state index in [1.807, 2.05) is 13.8 Å². The molecule has 254 valence electrons. The fourth-order valence-corrected chi connectivity index (χ4v) is 10.9. The van der Waals surface area contributed by atoms with Gasteiger partial charge in [0.25, 0.3) is 0 Å². The molecule has 0 aromatic carbocycles. The summed E-state index contributed by atoms with van der Waals surface area (Å²) in [5, 5.41) is 22.6. The summed E-state index contributed by atoms with van der Waals surface area (Å²) in [4.78, 5) is 37.9. The van der Waals surface area contributed by atoms with E-state index in [9.17, 15) is 24.6 Å². The number of esters is 2. The van der Waals surface area contributed by atoms with Crippen molar-refractivity contribution in [2.75, 3.05) is 0 Å². The van der Waals surface area contributed by atoms with Gasteiger partial charge in [0, 0.05) is 18.9 Å². The van der Waals surface area contributed by atoms with Crippen molar-refractivity contribution in [3.63, 3.8) is 0 Å². The number of carbonyl (C=O) groups is 3. The zero-order chi connectivity index (χ0) is 33.3. The normalized spacial score (nSPS) is 40.0. The number of carboxylic acids is 1. The summed E-state index contributed by atoms with van der Waals surface area (Å²) >= 11 is 0. The van der Waals surface area contributed by atoms with E-state index in [0.717, 1.165) is 62.5 Å². The van der Waals surface area contributed by atoms with Gasteiger partial charge in [-0.05, 0) is 117 Å². The highest BCUT2D eigenvalue weighted by molar-refractivity contribution is 5.88. The van der Waals surface area contributed by atoms with Crippen molar-refractivity contribution in [2.24, 2.45) is 39.9 Å². The van der Waals surface area contributed by atoms with Crippen LogP contribution in [0.2, 0.25) is 0 Å². The predicted octanol–water partition coefficient (Wildman–Crippen LogP) is 8.19. The molecule has 0 radical (unpaired) electrons. The number of aliphatic hydroxyl groups is 1. The first-order valence-corrected chi connectivity index (χ1v) is 17.7. The van der Waals surface area contributed by atoms with Gasteiger partial charge in [0.2, 0.25) is 0 Å². The molecule has 0 heterocycles. The van der Waals surface area contributed by atoms with E-state index in [2.05, 4.69) is 40.7 Å². The Morgan fingerprint density at radius 3 is 2.29 bits per heavy atom. The van der Waals surface area contributed by atoms with Crippen LogP contribution in [0.5, 0.6) is 0 Å². The Labute approximate surface area is 271 Å². The largest absolute Gasteiger partial charge is 0.478 e. The number of carboxylic acid groups (broad SMARTS) is 1. The number of rotatable bonds is 11. The Bertz CT molecular complexity index is 1180. The van der Waals surface area contributed by atoms with Gasteiger partial charge in [-0.1, -0.05) is 65.5 Å². The predicted molar refractivity (Wildman–Crippen MR) is 175 cm³/mol. The van der Waals surface area contributed by atoms with E-state index in [1.165, 1.54) is 6.92 Å². The van der Waals surface area contributed by atoms with Crippen LogP contribution in [0.25, 0.3) is 0 Å². The minimum absolute atomic E-state index is 0.00873. The average Bonchev–Trinajstić information content (AvgIpc) is 3.21. The van der Waals surface area contributed by atoms with Gasteiger partial charge in [-0.15, -0.1) is 0 Å². The Morgan fingerprint density at radius 2 is 1.67 bits per heavy atom. The third-order valence-corrected chi connectivity index (χ3v) is 13.1. The molecule has 4 aliphatic carbocycles. The fourth-order valence-electron chi connectivity index (χ4n) is 10.9. The van der Waals surface area contributed by atoms with Crippen LogP contribution in [0.4, 0.5) is 0 Å². The van der Waals surface area contributed by atoms with Crippen molar-refractivity contribution >= 4 is 17.9 Å². The SMILES string of the molecule is CCCCCCC(=O)O[C@@H]1CC[C@@]2(C)[C@@H](CC[C@@]3(C)[C@H]2[C@H](O)C[C@H]2/C(=C(\CCC=C(C)C)C(=O)O)[C@@H](OC(C)=O)C[C@@]23C)[C@@H]1C. The minimum atomic E-state index is -0.960. The van der Waals surface area contributed by atoms with Crippen LogP contribution >= 0.6 is 0 Å². The summed E-state index contributed by atoms with van der Waals surface area (Å²) in [5.74, 6) is -1.10. The molecule has 0 aromatic heterocycles. The third kappa shape index (κ3) is 6.67. The molecule has 0 bridgehead atoms. The third-order valence-electron chi connectivity index (χ3n) is 13.1. The molecule has 7 heteroatoms. The number of allylic oxidation sites excluding steroid dienone is 2. The van der Waals surface area contributed by atoms with Crippen molar-refractivity contribution in [1.29, 1.82) is 0 Å². The topological polar surface area (TPSA) is 110 Å². The first-order chi connectivity index (χ1) is 21.1. The monoisotopic (exact) mass is 628 g/mol. The van der Waals surface area contributed by atoms with E-state index in [1.54, 1.807) is 0 Å². The molecule has 2 N–H and O–H groups in total. The Hall–Kier alpha value is -2.15. The molecule has 45 heavy (non-hydrogen) atoms. The van der Waals surface area contributed by atoms with Crippen LogP contribution in [-0.4, -0.2) is 46.4 Å². The van der Waals surface area contributed by atoms with Crippen molar-refractivity contribution in [2.45, 2.75) is 157 Å².